The minimum atomic E-state index is -0.585. The number of amides is 2. The molecule has 1 unspecified atom stereocenters. The Kier molecular flexibility index (Phi) is 5.58. The summed E-state index contributed by atoms with van der Waals surface area (Å²) in [5, 5.41) is 0. The topological polar surface area (TPSA) is 53.1 Å². The van der Waals surface area contributed by atoms with E-state index in [0.717, 1.165) is 6.42 Å². The lowest BCUT2D eigenvalue weighted by Crippen LogP contribution is -2.55. The number of ether oxygens (including phenoxy) is 1. The zero-order chi connectivity index (χ0) is 19.6. The van der Waals surface area contributed by atoms with Gasteiger partial charge in [-0.3, -0.25) is 9.69 Å². The van der Waals surface area contributed by atoms with Gasteiger partial charge in [-0.05, 0) is 45.7 Å². The van der Waals surface area contributed by atoms with Crippen molar-refractivity contribution in [2.75, 3.05) is 37.6 Å². The summed E-state index contributed by atoms with van der Waals surface area (Å²) >= 11 is 0. The van der Waals surface area contributed by atoms with Crippen LogP contribution in [0.5, 0.6) is 0 Å². The Morgan fingerprint density at radius 3 is 2.37 bits per heavy atom. The van der Waals surface area contributed by atoms with Crippen LogP contribution in [-0.2, 0) is 9.53 Å². The molecular formula is C20H28FN3O3. The highest BCUT2D eigenvalue weighted by Crippen LogP contribution is 2.24. The fourth-order valence-corrected chi connectivity index (χ4v) is 3.65. The van der Waals surface area contributed by atoms with E-state index in [1.807, 2.05) is 31.7 Å². The maximum Gasteiger partial charge on any atom is 0.410 e. The van der Waals surface area contributed by atoms with Crippen molar-refractivity contribution in [3.8, 4) is 0 Å². The second kappa shape index (κ2) is 7.74. The molecule has 3 rings (SSSR count). The fraction of sp³-hybridized carbons (Fsp3) is 0.600. The van der Waals surface area contributed by atoms with Crippen LogP contribution < -0.4 is 4.90 Å². The third kappa shape index (κ3) is 4.51. The lowest BCUT2D eigenvalue weighted by Gasteiger charge is -2.38. The Hall–Kier alpha value is -2.31. The maximum absolute atomic E-state index is 14.0. The molecule has 7 heteroatoms. The third-order valence-corrected chi connectivity index (χ3v) is 4.95. The predicted octanol–water partition coefficient (Wildman–Crippen LogP) is 2.87. The summed E-state index contributed by atoms with van der Waals surface area (Å²) in [6, 6.07) is 6.23. The average molecular weight is 377 g/mol. The van der Waals surface area contributed by atoms with Crippen molar-refractivity contribution in [3.63, 3.8) is 0 Å². The second-order valence-electron chi connectivity index (χ2n) is 8.10. The fourth-order valence-electron chi connectivity index (χ4n) is 3.65. The van der Waals surface area contributed by atoms with E-state index in [-0.39, 0.29) is 11.7 Å². The van der Waals surface area contributed by atoms with Gasteiger partial charge >= 0.3 is 6.09 Å². The zero-order valence-electron chi connectivity index (χ0n) is 16.3. The van der Waals surface area contributed by atoms with Crippen LogP contribution >= 0.6 is 0 Å². The van der Waals surface area contributed by atoms with Gasteiger partial charge in [0.1, 0.15) is 17.5 Å². The third-order valence-electron chi connectivity index (χ3n) is 4.95. The van der Waals surface area contributed by atoms with Crippen LogP contribution in [-0.4, -0.2) is 66.2 Å². The Labute approximate surface area is 159 Å². The highest BCUT2D eigenvalue weighted by atomic mass is 19.1. The Balaban J connectivity index is 1.60. The highest BCUT2D eigenvalue weighted by Gasteiger charge is 2.39. The Morgan fingerprint density at radius 2 is 1.74 bits per heavy atom. The number of piperazine rings is 1. The zero-order valence-corrected chi connectivity index (χ0v) is 16.3. The summed E-state index contributed by atoms with van der Waals surface area (Å²) < 4.78 is 19.4. The van der Waals surface area contributed by atoms with Gasteiger partial charge in [0.25, 0.3) is 0 Å². The van der Waals surface area contributed by atoms with Crippen molar-refractivity contribution in [1.82, 2.24) is 9.80 Å². The lowest BCUT2D eigenvalue weighted by atomic mass is 10.1. The van der Waals surface area contributed by atoms with Gasteiger partial charge < -0.3 is 14.5 Å². The van der Waals surface area contributed by atoms with Gasteiger partial charge in [0, 0.05) is 32.7 Å². The molecule has 2 aliphatic heterocycles. The van der Waals surface area contributed by atoms with E-state index in [0.29, 0.717) is 44.8 Å². The highest BCUT2D eigenvalue weighted by molar-refractivity contribution is 5.86. The van der Waals surface area contributed by atoms with E-state index in [1.54, 1.807) is 21.9 Å². The molecule has 2 amide bonds. The van der Waals surface area contributed by atoms with E-state index in [9.17, 15) is 14.0 Å². The van der Waals surface area contributed by atoms with Crippen LogP contribution in [0.4, 0.5) is 14.9 Å². The van der Waals surface area contributed by atoms with Gasteiger partial charge in [-0.25, -0.2) is 9.18 Å². The normalized spacial score (nSPS) is 20.7. The Bertz CT molecular complexity index is 696. The predicted molar refractivity (Wildman–Crippen MR) is 101 cm³/mol. The van der Waals surface area contributed by atoms with Crippen molar-refractivity contribution < 1.29 is 18.7 Å². The summed E-state index contributed by atoms with van der Waals surface area (Å²) in [4.78, 5) is 30.7. The first-order chi connectivity index (χ1) is 12.8. The van der Waals surface area contributed by atoms with Gasteiger partial charge in [-0.15, -0.1) is 0 Å². The summed E-state index contributed by atoms with van der Waals surface area (Å²) in [7, 11) is 0. The molecule has 0 radical (unpaired) electrons. The van der Waals surface area contributed by atoms with Crippen molar-refractivity contribution >= 4 is 17.7 Å². The van der Waals surface area contributed by atoms with Gasteiger partial charge in [0.15, 0.2) is 0 Å². The maximum atomic E-state index is 14.0. The number of nitrogens with zero attached hydrogens (tertiary/aromatic N) is 3. The van der Waals surface area contributed by atoms with Crippen molar-refractivity contribution in [3.05, 3.63) is 30.1 Å². The second-order valence-corrected chi connectivity index (χ2v) is 8.10. The first-order valence-corrected chi connectivity index (χ1v) is 9.54. The molecule has 27 heavy (non-hydrogen) atoms. The summed E-state index contributed by atoms with van der Waals surface area (Å²) in [6.07, 6.45) is 1.03. The molecule has 2 aliphatic rings. The molecular weight excluding hydrogens is 349 g/mol. The smallest absolute Gasteiger partial charge is 0.410 e. The first kappa shape index (κ1) is 19.5. The van der Waals surface area contributed by atoms with Crippen LogP contribution in [0.1, 0.15) is 33.6 Å². The molecule has 148 valence electrons. The largest absolute Gasteiger partial charge is 0.444 e. The quantitative estimate of drug-likeness (QED) is 0.795. The minimum Gasteiger partial charge on any atom is -0.444 e. The standard InChI is InChI=1S/C20H28FN3O3/c1-20(2,3)27-19(26)24-10-6-9-17(24)18(25)23-13-11-22(12-14-23)16-8-5-4-7-15(16)21/h4-5,7-8,17H,6,9-14H2,1-3H3. The van der Waals surface area contributed by atoms with E-state index in [2.05, 4.69) is 0 Å². The Morgan fingerprint density at radius 1 is 1.07 bits per heavy atom. The number of rotatable bonds is 2. The molecule has 1 atom stereocenters. The molecule has 0 saturated carbocycles. The lowest BCUT2D eigenvalue weighted by molar-refractivity contribution is -0.136. The van der Waals surface area contributed by atoms with Crippen molar-refractivity contribution in [2.24, 2.45) is 0 Å². The van der Waals surface area contributed by atoms with Gasteiger partial charge in [0.2, 0.25) is 5.91 Å². The number of halogens is 1. The molecule has 0 aromatic heterocycles. The molecule has 0 N–H and O–H groups in total. The molecule has 1 aromatic carbocycles. The molecule has 6 nitrogen and oxygen atoms in total. The summed E-state index contributed by atoms with van der Waals surface area (Å²) in [6.45, 7) is 8.19. The number of likely N-dealkylation sites (tertiary alicyclic amines) is 1. The van der Waals surface area contributed by atoms with Crippen LogP contribution in [0, 0.1) is 5.82 Å². The van der Waals surface area contributed by atoms with E-state index >= 15 is 0 Å². The van der Waals surface area contributed by atoms with E-state index in [1.165, 1.54) is 6.07 Å². The number of carbonyl (C=O) groups excluding carboxylic acids is 2. The SMILES string of the molecule is CC(C)(C)OC(=O)N1CCCC1C(=O)N1CCN(c2ccccc2F)CC1. The number of anilines is 1. The number of benzene rings is 1. The van der Waals surface area contributed by atoms with Crippen LogP contribution in [0.25, 0.3) is 0 Å². The average Bonchev–Trinajstić information content (AvgIpc) is 3.10. The molecule has 0 spiro atoms. The van der Waals surface area contributed by atoms with Crippen LogP contribution in [0.3, 0.4) is 0 Å². The number of hydrogen-bond acceptors (Lipinski definition) is 4. The molecule has 0 bridgehead atoms. The van der Waals surface area contributed by atoms with Gasteiger partial charge in [0.05, 0.1) is 5.69 Å². The molecule has 1 aromatic rings. The molecule has 2 heterocycles. The monoisotopic (exact) mass is 377 g/mol. The number of hydrogen-bond donors (Lipinski definition) is 0. The van der Waals surface area contributed by atoms with Crippen LogP contribution in [0.2, 0.25) is 0 Å². The van der Waals surface area contributed by atoms with E-state index < -0.39 is 17.7 Å². The first-order valence-electron chi connectivity index (χ1n) is 9.54. The molecule has 2 saturated heterocycles. The molecule has 2 fully saturated rings. The number of para-hydroxylation sites is 1. The minimum absolute atomic E-state index is 0.0356. The molecule has 0 aliphatic carbocycles. The van der Waals surface area contributed by atoms with E-state index in [4.69, 9.17) is 4.74 Å². The summed E-state index contributed by atoms with van der Waals surface area (Å²) in [5.74, 6) is -0.282. The van der Waals surface area contributed by atoms with Crippen LogP contribution in [0.15, 0.2) is 24.3 Å². The summed E-state index contributed by atoms with van der Waals surface area (Å²) in [5.41, 5.74) is -0.0144. The van der Waals surface area contributed by atoms with Gasteiger partial charge in [-0.2, -0.15) is 0 Å². The number of carbonyl (C=O) groups is 2. The van der Waals surface area contributed by atoms with Crippen molar-refractivity contribution in [1.29, 1.82) is 0 Å². The van der Waals surface area contributed by atoms with Crippen molar-refractivity contribution in [2.45, 2.75) is 45.3 Å². The van der Waals surface area contributed by atoms with Gasteiger partial charge in [-0.1, -0.05) is 12.1 Å².